The number of nitrogens with zero attached hydrogens (tertiary/aromatic N) is 2. The molecule has 1 aliphatic heterocycles. The summed E-state index contributed by atoms with van der Waals surface area (Å²) < 4.78 is 26.7. The number of halogens is 1. The molecule has 1 atom stereocenters. The van der Waals surface area contributed by atoms with E-state index >= 15 is 0 Å². The Morgan fingerprint density at radius 3 is 2.91 bits per heavy atom. The van der Waals surface area contributed by atoms with Crippen LogP contribution < -0.4 is 4.74 Å². The van der Waals surface area contributed by atoms with Gasteiger partial charge in [-0.15, -0.1) is 0 Å². The van der Waals surface area contributed by atoms with E-state index in [2.05, 4.69) is 12.0 Å². The number of esters is 1. The molecule has 0 spiro atoms. The zero-order valence-electron chi connectivity index (χ0n) is 13.2. The summed E-state index contributed by atoms with van der Waals surface area (Å²) >= 11 is 0. The molecule has 5 nitrogen and oxygen atoms in total. The number of carbonyl (C=O) groups is 1. The lowest BCUT2D eigenvalue weighted by atomic mass is 10.1. The van der Waals surface area contributed by atoms with Crippen molar-refractivity contribution in [2.75, 3.05) is 13.2 Å². The van der Waals surface area contributed by atoms with Crippen LogP contribution in [0.2, 0.25) is 0 Å². The monoisotopic (exact) mass is 318 g/mol. The van der Waals surface area contributed by atoms with Crippen molar-refractivity contribution >= 4 is 5.97 Å². The highest BCUT2D eigenvalue weighted by Crippen LogP contribution is 2.35. The molecule has 2 heterocycles. The van der Waals surface area contributed by atoms with E-state index in [1.807, 2.05) is 0 Å². The fraction of sp³-hybridized carbons (Fsp3) is 0.412. The van der Waals surface area contributed by atoms with Gasteiger partial charge in [0.2, 0.25) is 5.88 Å². The highest BCUT2D eigenvalue weighted by atomic mass is 19.1. The van der Waals surface area contributed by atoms with Crippen LogP contribution in [-0.2, 0) is 11.3 Å². The number of rotatable bonds is 4. The molecule has 23 heavy (non-hydrogen) atoms. The second-order valence-electron chi connectivity index (χ2n) is 5.50. The predicted molar refractivity (Wildman–Crippen MR) is 82.9 cm³/mol. The van der Waals surface area contributed by atoms with Gasteiger partial charge in [0.15, 0.2) is 0 Å². The van der Waals surface area contributed by atoms with E-state index in [0.29, 0.717) is 24.9 Å². The number of ether oxygens (including phenoxy) is 2. The molecule has 2 aromatic rings. The van der Waals surface area contributed by atoms with E-state index in [1.54, 1.807) is 29.8 Å². The minimum atomic E-state index is -0.540. The summed E-state index contributed by atoms with van der Waals surface area (Å²) in [5, 5.41) is 4.43. The van der Waals surface area contributed by atoms with Crippen LogP contribution in [0.5, 0.6) is 5.88 Å². The quantitative estimate of drug-likeness (QED) is 0.812. The van der Waals surface area contributed by atoms with Crippen LogP contribution in [0.1, 0.15) is 30.6 Å². The van der Waals surface area contributed by atoms with Gasteiger partial charge in [0.25, 0.3) is 0 Å². The number of fused-ring (bicyclic) bond motifs is 1. The smallest absolute Gasteiger partial charge is 0.345 e. The number of benzene rings is 1. The van der Waals surface area contributed by atoms with Crippen LogP contribution in [0.25, 0.3) is 11.3 Å². The lowest BCUT2D eigenvalue weighted by Crippen LogP contribution is -2.26. The minimum Gasteiger partial charge on any atom is -0.477 e. The van der Waals surface area contributed by atoms with E-state index in [-0.39, 0.29) is 23.4 Å². The second-order valence-corrected chi connectivity index (χ2v) is 5.50. The topological polar surface area (TPSA) is 53.3 Å². The van der Waals surface area contributed by atoms with Crippen LogP contribution in [-0.4, -0.2) is 29.0 Å². The maximum absolute atomic E-state index is 14.2. The van der Waals surface area contributed by atoms with Gasteiger partial charge < -0.3 is 9.47 Å². The van der Waals surface area contributed by atoms with Gasteiger partial charge in [0.1, 0.15) is 17.1 Å². The van der Waals surface area contributed by atoms with Gasteiger partial charge in [-0.3, -0.25) is 0 Å². The fourth-order valence-electron chi connectivity index (χ4n) is 2.69. The van der Waals surface area contributed by atoms with Gasteiger partial charge in [0.05, 0.1) is 19.8 Å². The maximum Gasteiger partial charge on any atom is 0.345 e. The van der Waals surface area contributed by atoms with Gasteiger partial charge >= 0.3 is 5.97 Å². The van der Waals surface area contributed by atoms with E-state index in [9.17, 15) is 9.18 Å². The highest BCUT2D eigenvalue weighted by molar-refractivity contribution is 5.98. The summed E-state index contributed by atoms with van der Waals surface area (Å²) in [6.07, 6.45) is 0.947. The third-order valence-corrected chi connectivity index (χ3v) is 3.98. The van der Waals surface area contributed by atoms with Gasteiger partial charge in [-0.05, 0) is 25.5 Å². The highest BCUT2D eigenvalue weighted by Gasteiger charge is 2.32. The fourth-order valence-corrected chi connectivity index (χ4v) is 2.69. The molecule has 1 aliphatic rings. The Kier molecular flexibility index (Phi) is 4.32. The molecule has 1 aromatic carbocycles. The van der Waals surface area contributed by atoms with Crippen molar-refractivity contribution in [1.29, 1.82) is 0 Å². The van der Waals surface area contributed by atoms with Crippen molar-refractivity contribution in [3.8, 4) is 17.1 Å². The number of hydrogen-bond donors (Lipinski definition) is 0. The van der Waals surface area contributed by atoms with Crippen molar-refractivity contribution in [1.82, 2.24) is 9.78 Å². The van der Waals surface area contributed by atoms with Gasteiger partial charge in [-0.1, -0.05) is 19.1 Å². The second kappa shape index (κ2) is 6.40. The molecular weight excluding hydrogens is 299 g/mol. The molecule has 122 valence electrons. The Bertz CT molecular complexity index is 727. The van der Waals surface area contributed by atoms with Gasteiger partial charge in [0, 0.05) is 11.5 Å². The molecular formula is C17H19FN2O3. The zero-order valence-corrected chi connectivity index (χ0v) is 13.2. The zero-order chi connectivity index (χ0) is 16.4. The van der Waals surface area contributed by atoms with E-state index in [4.69, 9.17) is 9.47 Å². The average Bonchev–Trinajstić information content (AvgIpc) is 2.93. The summed E-state index contributed by atoms with van der Waals surface area (Å²) in [6, 6.07) is 6.26. The van der Waals surface area contributed by atoms with Crippen molar-refractivity contribution in [3.05, 3.63) is 35.6 Å². The van der Waals surface area contributed by atoms with E-state index in [1.165, 1.54) is 6.07 Å². The summed E-state index contributed by atoms with van der Waals surface area (Å²) in [6.45, 7) is 5.20. The first-order valence-corrected chi connectivity index (χ1v) is 7.81. The third kappa shape index (κ3) is 2.81. The Balaban J connectivity index is 2.13. The molecule has 0 bridgehead atoms. The maximum atomic E-state index is 14.2. The van der Waals surface area contributed by atoms with Crippen LogP contribution in [0.15, 0.2) is 24.3 Å². The Labute approximate surface area is 134 Å². The normalized spacial score (nSPS) is 16.6. The number of aromatic nitrogens is 2. The molecule has 1 aromatic heterocycles. The van der Waals surface area contributed by atoms with E-state index < -0.39 is 11.8 Å². The molecule has 0 N–H and O–H groups in total. The number of hydrogen-bond acceptors (Lipinski definition) is 4. The molecule has 0 aliphatic carbocycles. The van der Waals surface area contributed by atoms with Crippen molar-refractivity contribution in [3.63, 3.8) is 0 Å². The lowest BCUT2D eigenvalue weighted by molar-refractivity contribution is 0.0517. The summed E-state index contributed by atoms with van der Waals surface area (Å²) in [4.78, 5) is 12.4. The van der Waals surface area contributed by atoms with Crippen LogP contribution in [0, 0.1) is 11.7 Å². The van der Waals surface area contributed by atoms with E-state index in [0.717, 1.165) is 6.42 Å². The van der Waals surface area contributed by atoms with Crippen LogP contribution >= 0.6 is 0 Å². The SMILES string of the molecule is CCOC(=O)c1c(-c2ccccc2F)nn2c1OCC(CC)C2. The minimum absolute atomic E-state index is 0.200. The average molecular weight is 318 g/mol. The molecule has 0 amide bonds. The Hall–Kier alpha value is -2.37. The van der Waals surface area contributed by atoms with Crippen molar-refractivity contribution in [2.24, 2.45) is 5.92 Å². The van der Waals surface area contributed by atoms with Crippen molar-refractivity contribution in [2.45, 2.75) is 26.8 Å². The standard InChI is InChI=1S/C17H19FN2O3/c1-3-11-9-20-16(23-10-11)14(17(21)22-4-2)15(19-20)12-7-5-6-8-13(12)18/h5-8,11H,3-4,9-10H2,1-2H3. The summed E-state index contributed by atoms with van der Waals surface area (Å²) in [5.74, 6) is -0.278. The van der Waals surface area contributed by atoms with Gasteiger partial charge in [-0.25, -0.2) is 13.9 Å². The Morgan fingerprint density at radius 2 is 2.22 bits per heavy atom. The molecule has 3 rings (SSSR count). The lowest BCUT2D eigenvalue weighted by Gasteiger charge is -2.23. The molecule has 1 unspecified atom stereocenters. The summed E-state index contributed by atoms with van der Waals surface area (Å²) in [7, 11) is 0. The first-order chi connectivity index (χ1) is 11.2. The molecule has 0 saturated heterocycles. The predicted octanol–water partition coefficient (Wildman–Crippen LogP) is 3.28. The first-order valence-electron chi connectivity index (χ1n) is 7.81. The molecule has 0 saturated carbocycles. The number of carbonyl (C=O) groups excluding carboxylic acids is 1. The summed E-state index contributed by atoms with van der Waals surface area (Å²) in [5.41, 5.74) is 0.744. The van der Waals surface area contributed by atoms with Crippen LogP contribution in [0.3, 0.4) is 0 Å². The first kappa shape index (κ1) is 15.5. The molecule has 6 heteroatoms. The third-order valence-electron chi connectivity index (χ3n) is 3.98. The molecule has 0 fully saturated rings. The van der Waals surface area contributed by atoms with Crippen LogP contribution in [0.4, 0.5) is 4.39 Å². The molecule has 0 radical (unpaired) electrons. The Morgan fingerprint density at radius 1 is 1.43 bits per heavy atom. The van der Waals surface area contributed by atoms with Crippen molar-refractivity contribution < 1.29 is 18.7 Å². The largest absolute Gasteiger partial charge is 0.477 e. The van der Waals surface area contributed by atoms with Gasteiger partial charge in [-0.2, -0.15) is 5.10 Å².